The van der Waals surface area contributed by atoms with Gasteiger partial charge in [0.05, 0.1) is 0 Å². The van der Waals surface area contributed by atoms with E-state index in [1.54, 1.807) is 6.20 Å². The Labute approximate surface area is 138 Å². The second-order valence-electron chi connectivity index (χ2n) is 6.80. The zero-order chi connectivity index (χ0) is 16.1. The van der Waals surface area contributed by atoms with Crippen LogP contribution < -0.4 is 8.61 Å². The van der Waals surface area contributed by atoms with E-state index in [2.05, 4.69) is 36.6 Å². The van der Waals surface area contributed by atoms with Gasteiger partial charge in [-0.1, -0.05) is 0 Å². The van der Waals surface area contributed by atoms with E-state index in [1.165, 1.54) is 11.8 Å². The summed E-state index contributed by atoms with van der Waals surface area (Å²) in [6.45, 7) is 3.15. The molecule has 2 aromatic heterocycles. The third-order valence-corrected chi connectivity index (χ3v) is 9.69. The first-order chi connectivity index (χ1) is 10.3. The molecule has 0 saturated carbocycles. The Morgan fingerprint density at radius 2 is 2.05 bits per heavy atom. The van der Waals surface area contributed by atoms with E-state index < -0.39 is 18.4 Å². The molecule has 0 amide bonds. The van der Waals surface area contributed by atoms with Gasteiger partial charge in [-0.3, -0.25) is 0 Å². The zero-order valence-corrected chi connectivity index (χ0v) is 17.3. The number of hydrogen-bond donors (Lipinski definition) is 0. The predicted molar refractivity (Wildman–Crippen MR) is 93.5 cm³/mol. The number of nitrogens with zero attached hydrogens (tertiary/aromatic N) is 4. The summed E-state index contributed by atoms with van der Waals surface area (Å²) in [7, 11) is 0. The number of anilines is 1. The minimum atomic E-state index is -2.67. The van der Waals surface area contributed by atoms with Crippen LogP contribution in [0.15, 0.2) is 11.4 Å². The van der Waals surface area contributed by atoms with Gasteiger partial charge < -0.3 is 0 Å². The maximum atomic E-state index is 15.0. The maximum absolute atomic E-state index is 15.0. The van der Waals surface area contributed by atoms with Gasteiger partial charge in [0.1, 0.15) is 0 Å². The Kier molecular flexibility index (Phi) is 4.26. The van der Waals surface area contributed by atoms with Crippen molar-refractivity contribution >= 4 is 50.6 Å². The van der Waals surface area contributed by atoms with Gasteiger partial charge in [-0.15, -0.1) is 0 Å². The average molecular weight is 427 g/mol. The van der Waals surface area contributed by atoms with Gasteiger partial charge in [0.2, 0.25) is 0 Å². The molecule has 7 heteroatoms. The molecule has 0 aliphatic carbocycles. The fourth-order valence-electron chi connectivity index (χ4n) is 2.67. The molecule has 118 valence electrons. The van der Waals surface area contributed by atoms with Crippen LogP contribution in [0, 0.1) is 5.82 Å². The van der Waals surface area contributed by atoms with E-state index >= 15 is 4.39 Å². The molecular formula is C15H21FN4SSn. The molecule has 2 aromatic rings. The second kappa shape index (κ2) is 5.78. The summed E-state index contributed by atoms with van der Waals surface area (Å²) in [6, 6.07) is 0.449. The Morgan fingerprint density at radius 3 is 2.55 bits per heavy atom. The number of hydrogen-bond acceptors (Lipinski definition) is 5. The van der Waals surface area contributed by atoms with Crippen molar-refractivity contribution in [1.82, 2.24) is 15.0 Å². The quantitative estimate of drug-likeness (QED) is 0.428. The number of halogens is 1. The fourth-order valence-corrected chi connectivity index (χ4v) is 6.49. The van der Waals surface area contributed by atoms with Gasteiger partial charge in [-0.2, -0.15) is 0 Å². The van der Waals surface area contributed by atoms with Crippen LogP contribution in [0.25, 0.3) is 10.9 Å². The number of pyridine rings is 1. The first-order valence-electron chi connectivity index (χ1n) is 7.50. The molecule has 3 rings (SSSR count). The first kappa shape index (κ1) is 16.2. The Hall–Kier alpha value is -0.631. The Bertz CT molecular complexity index is 732. The third-order valence-electron chi connectivity index (χ3n) is 4.13. The molecule has 0 unspecified atom stereocenters. The van der Waals surface area contributed by atoms with Gasteiger partial charge in [0.15, 0.2) is 0 Å². The molecule has 0 bridgehead atoms. The molecule has 1 saturated heterocycles. The molecule has 1 fully saturated rings. The predicted octanol–water partition coefficient (Wildman–Crippen LogP) is 3.03. The van der Waals surface area contributed by atoms with Gasteiger partial charge in [-0.25, -0.2) is 0 Å². The van der Waals surface area contributed by atoms with Crippen molar-refractivity contribution in [3.8, 4) is 0 Å². The van der Waals surface area contributed by atoms with Gasteiger partial charge in [0, 0.05) is 0 Å². The molecular weight excluding hydrogens is 406 g/mol. The van der Waals surface area contributed by atoms with Crippen LogP contribution in [0.1, 0.15) is 13.3 Å². The van der Waals surface area contributed by atoms with Crippen LogP contribution >= 0.6 is 11.8 Å². The SMILES string of the molecule is CSc1ncc2c(N3CC[C@@H]3C)n[c]([Sn]([CH3])([CH3])[CH3])c(F)c2n1. The summed E-state index contributed by atoms with van der Waals surface area (Å²) >= 11 is -1.23. The summed E-state index contributed by atoms with van der Waals surface area (Å²) in [6.07, 6.45) is 4.79. The molecule has 1 aliphatic rings. The fraction of sp³-hybridized carbons (Fsp3) is 0.533. The third kappa shape index (κ3) is 2.68. The average Bonchev–Trinajstić information content (AvgIpc) is 2.46. The van der Waals surface area contributed by atoms with E-state index in [0.29, 0.717) is 20.4 Å². The van der Waals surface area contributed by atoms with Crippen molar-refractivity contribution in [3.05, 3.63) is 12.0 Å². The summed E-state index contributed by atoms with van der Waals surface area (Å²) in [5.74, 6) is 0.636. The van der Waals surface area contributed by atoms with Gasteiger partial charge in [0.25, 0.3) is 0 Å². The standard InChI is InChI=1S/C12H12FN4S.3CH3.Sn/c1-7-3-4-17(7)11-8-5-15-12(18-2)16-10(8)9(13)6-14-11;;;;/h5,7H,3-4H2,1-2H3;3*1H3;/t7-;;;;/m0..../s1. The zero-order valence-electron chi connectivity index (χ0n) is 13.6. The van der Waals surface area contributed by atoms with Crippen molar-refractivity contribution in [2.45, 2.75) is 39.4 Å². The normalized spacial score (nSPS) is 18.6. The monoisotopic (exact) mass is 428 g/mol. The number of aromatic nitrogens is 3. The number of rotatable bonds is 3. The molecule has 0 spiro atoms. The molecule has 0 radical (unpaired) electrons. The van der Waals surface area contributed by atoms with Gasteiger partial charge in [-0.05, 0) is 0 Å². The van der Waals surface area contributed by atoms with Gasteiger partial charge >= 0.3 is 139 Å². The van der Waals surface area contributed by atoms with E-state index in [-0.39, 0.29) is 5.82 Å². The molecule has 1 atom stereocenters. The number of thioether (sulfide) groups is 1. The van der Waals surface area contributed by atoms with Crippen LogP contribution in [-0.2, 0) is 0 Å². The van der Waals surface area contributed by atoms with Crippen LogP contribution in [0.3, 0.4) is 0 Å². The van der Waals surface area contributed by atoms with Crippen LogP contribution in [0.4, 0.5) is 10.2 Å². The topological polar surface area (TPSA) is 41.9 Å². The van der Waals surface area contributed by atoms with Crippen LogP contribution in [-0.4, -0.2) is 52.2 Å². The van der Waals surface area contributed by atoms with E-state index in [4.69, 9.17) is 4.98 Å². The summed E-state index contributed by atoms with van der Waals surface area (Å²) in [5, 5.41) is 1.34. The van der Waals surface area contributed by atoms with E-state index in [1.807, 2.05) is 6.26 Å². The summed E-state index contributed by atoms with van der Waals surface area (Å²) in [4.78, 5) is 22.3. The van der Waals surface area contributed by atoms with Crippen molar-refractivity contribution in [2.24, 2.45) is 0 Å². The van der Waals surface area contributed by atoms with Crippen LogP contribution in [0.5, 0.6) is 0 Å². The minimum absolute atomic E-state index is 0.229. The molecule has 4 nitrogen and oxygen atoms in total. The first-order valence-corrected chi connectivity index (χ1v) is 18.7. The van der Waals surface area contributed by atoms with Crippen molar-refractivity contribution in [3.63, 3.8) is 0 Å². The van der Waals surface area contributed by atoms with Crippen molar-refractivity contribution < 1.29 is 4.39 Å². The molecule has 1 aliphatic heterocycles. The van der Waals surface area contributed by atoms with E-state index in [0.717, 1.165) is 24.2 Å². The van der Waals surface area contributed by atoms with E-state index in [9.17, 15) is 0 Å². The summed E-state index contributed by atoms with van der Waals surface area (Å²) in [5.41, 5.74) is 0.435. The Morgan fingerprint density at radius 1 is 1.32 bits per heavy atom. The summed E-state index contributed by atoms with van der Waals surface area (Å²) < 4.78 is 15.7. The number of fused-ring (bicyclic) bond motifs is 1. The Balaban J connectivity index is 2.31. The van der Waals surface area contributed by atoms with Crippen LogP contribution in [0.2, 0.25) is 14.8 Å². The molecule has 3 heterocycles. The van der Waals surface area contributed by atoms with Crippen molar-refractivity contribution in [1.29, 1.82) is 0 Å². The molecule has 0 aromatic carbocycles. The second-order valence-corrected chi connectivity index (χ2v) is 21.8. The molecule has 0 N–H and O–H groups in total. The van der Waals surface area contributed by atoms with Crippen molar-refractivity contribution in [2.75, 3.05) is 17.7 Å². The molecule has 22 heavy (non-hydrogen) atoms.